The van der Waals surface area contributed by atoms with E-state index in [1.54, 1.807) is 0 Å². The predicted molar refractivity (Wildman–Crippen MR) is 55.6 cm³/mol. The van der Waals surface area contributed by atoms with Crippen LogP contribution in [0.2, 0.25) is 0 Å². The van der Waals surface area contributed by atoms with Gasteiger partial charge in [-0.05, 0) is 31.6 Å². The highest BCUT2D eigenvalue weighted by atomic mass is 16.3. The zero-order chi connectivity index (χ0) is 10.1. The molecular formula is C11H24O2. The molecule has 0 spiro atoms. The number of unbranched alkanes of at least 4 members (excludes halogenated alkanes) is 1. The third-order valence-corrected chi connectivity index (χ3v) is 2.64. The van der Waals surface area contributed by atoms with Crippen molar-refractivity contribution in [1.82, 2.24) is 0 Å². The van der Waals surface area contributed by atoms with Crippen LogP contribution < -0.4 is 0 Å². The summed E-state index contributed by atoms with van der Waals surface area (Å²) in [5.41, 5.74) is 0. The Morgan fingerprint density at radius 1 is 1.08 bits per heavy atom. The Balaban J connectivity index is 3.57. The minimum Gasteiger partial charge on any atom is -0.396 e. The van der Waals surface area contributed by atoms with Crippen molar-refractivity contribution in [2.45, 2.75) is 58.5 Å². The van der Waals surface area contributed by atoms with Crippen molar-refractivity contribution in [1.29, 1.82) is 0 Å². The average molecular weight is 188 g/mol. The minimum atomic E-state index is -0.156. The molecule has 2 atom stereocenters. The largest absolute Gasteiger partial charge is 0.396 e. The zero-order valence-corrected chi connectivity index (χ0v) is 9.00. The van der Waals surface area contributed by atoms with Crippen LogP contribution in [0, 0.1) is 5.92 Å². The summed E-state index contributed by atoms with van der Waals surface area (Å²) in [5, 5.41) is 18.4. The highest BCUT2D eigenvalue weighted by Crippen LogP contribution is 2.19. The van der Waals surface area contributed by atoms with Crippen LogP contribution >= 0.6 is 0 Å². The Labute approximate surface area is 82.0 Å². The Kier molecular flexibility index (Phi) is 8.46. The van der Waals surface area contributed by atoms with Crippen molar-refractivity contribution in [3.8, 4) is 0 Å². The molecule has 0 aromatic heterocycles. The van der Waals surface area contributed by atoms with Crippen LogP contribution in [0.1, 0.15) is 52.4 Å². The summed E-state index contributed by atoms with van der Waals surface area (Å²) >= 11 is 0. The van der Waals surface area contributed by atoms with E-state index in [9.17, 15) is 5.11 Å². The molecule has 0 aliphatic rings. The molecule has 13 heavy (non-hydrogen) atoms. The maximum Gasteiger partial charge on any atom is 0.0568 e. The van der Waals surface area contributed by atoms with Gasteiger partial charge in [-0.15, -0.1) is 0 Å². The van der Waals surface area contributed by atoms with Gasteiger partial charge in [0.2, 0.25) is 0 Å². The first kappa shape index (κ1) is 12.9. The van der Waals surface area contributed by atoms with E-state index in [4.69, 9.17) is 5.11 Å². The summed E-state index contributed by atoms with van der Waals surface area (Å²) in [6, 6.07) is 0. The molecule has 0 aromatic rings. The van der Waals surface area contributed by atoms with E-state index < -0.39 is 0 Å². The molecule has 2 heteroatoms. The van der Waals surface area contributed by atoms with Gasteiger partial charge in [0.15, 0.2) is 0 Å². The topological polar surface area (TPSA) is 40.5 Å². The molecular weight excluding hydrogens is 164 g/mol. The molecule has 2 nitrogen and oxygen atoms in total. The van der Waals surface area contributed by atoms with Crippen molar-refractivity contribution in [3.63, 3.8) is 0 Å². The van der Waals surface area contributed by atoms with Crippen LogP contribution in [0.25, 0.3) is 0 Å². The maximum atomic E-state index is 9.79. The molecule has 0 radical (unpaired) electrons. The van der Waals surface area contributed by atoms with Gasteiger partial charge < -0.3 is 10.2 Å². The van der Waals surface area contributed by atoms with Gasteiger partial charge >= 0.3 is 0 Å². The molecule has 0 aromatic carbocycles. The van der Waals surface area contributed by atoms with E-state index >= 15 is 0 Å². The van der Waals surface area contributed by atoms with Gasteiger partial charge in [0, 0.05) is 6.61 Å². The molecule has 0 saturated carbocycles. The number of aliphatic hydroxyl groups excluding tert-OH is 2. The summed E-state index contributed by atoms with van der Waals surface area (Å²) in [4.78, 5) is 0. The number of hydrogen-bond donors (Lipinski definition) is 2. The lowest BCUT2D eigenvalue weighted by Gasteiger charge is -2.20. The molecule has 0 bridgehead atoms. The first-order valence-electron chi connectivity index (χ1n) is 5.55. The quantitative estimate of drug-likeness (QED) is 0.574. The molecule has 0 amide bonds. The lowest BCUT2D eigenvalue weighted by Crippen LogP contribution is -2.19. The Morgan fingerprint density at radius 3 is 2.23 bits per heavy atom. The van der Waals surface area contributed by atoms with Crippen LogP contribution in [0.4, 0.5) is 0 Å². The number of rotatable bonds is 8. The highest BCUT2D eigenvalue weighted by Gasteiger charge is 2.15. The summed E-state index contributed by atoms with van der Waals surface area (Å²) in [6.07, 6.45) is 5.79. The third kappa shape index (κ3) is 6.05. The molecule has 0 aliphatic heterocycles. The summed E-state index contributed by atoms with van der Waals surface area (Å²) < 4.78 is 0. The van der Waals surface area contributed by atoms with Crippen LogP contribution in [-0.4, -0.2) is 22.9 Å². The van der Waals surface area contributed by atoms with Gasteiger partial charge in [-0.2, -0.15) is 0 Å². The fourth-order valence-electron chi connectivity index (χ4n) is 1.74. The average Bonchev–Trinajstić information content (AvgIpc) is 2.14. The Bertz CT molecular complexity index is 104. The second-order valence-electron chi connectivity index (χ2n) is 3.74. The molecule has 2 unspecified atom stereocenters. The van der Waals surface area contributed by atoms with Crippen molar-refractivity contribution in [2.24, 2.45) is 5.92 Å². The standard InChI is InChI=1S/C11H24O2/c1-3-7-10(4-2)11(13)8-5-6-9-12/h10-13H,3-9H2,1-2H3. The molecule has 2 N–H and O–H groups in total. The molecule has 0 fully saturated rings. The SMILES string of the molecule is CCCC(CC)C(O)CCCCO. The lowest BCUT2D eigenvalue weighted by molar-refractivity contribution is 0.0869. The minimum absolute atomic E-state index is 0.156. The van der Waals surface area contributed by atoms with E-state index in [-0.39, 0.29) is 12.7 Å². The van der Waals surface area contributed by atoms with Gasteiger partial charge in [-0.1, -0.05) is 26.7 Å². The molecule has 0 saturated heterocycles. The van der Waals surface area contributed by atoms with E-state index in [2.05, 4.69) is 13.8 Å². The molecule has 0 heterocycles. The summed E-state index contributed by atoms with van der Waals surface area (Å²) in [7, 11) is 0. The van der Waals surface area contributed by atoms with Crippen LogP contribution in [0.3, 0.4) is 0 Å². The van der Waals surface area contributed by atoms with E-state index in [0.29, 0.717) is 5.92 Å². The smallest absolute Gasteiger partial charge is 0.0568 e. The van der Waals surface area contributed by atoms with Crippen molar-refractivity contribution >= 4 is 0 Å². The van der Waals surface area contributed by atoms with Gasteiger partial charge in [-0.25, -0.2) is 0 Å². The van der Waals surface area contributed by atoms with Crippen molar-refractivity contribution in [3.05, 3.63) is 0 Å². The van der Waals surface area contributed by atoms with Crippen molar-refractivity contribution in [2.75, 3.05) is 6.61 Å². The number of hydrogen-bond acceptors (Lipinski definition) is 2. The zero-order valence-electron chi connectivity index (χ0n) is 9.00. The van der Waals surface area contributed by atoms with Gasteiger partial charge in [0.05, 0.1) is 6.10 Å². The van der Waals surface area contributed by atoms with Crippen LogP contribution in [-0.2, 0) is 0 Å². The summed E-state index contributed by atoms with van der Waals surface area (Å²) in [6.45, 7) is 4.54. The summed E-state index contributed by atoms with van der Waals surface area (Å²) in [5.74, 6) is 0.462. The second kappa shape index (κ2) is 8.52. The number of aliphatic hydroxyl groups is 2. The van der Waals surface area contributed by atoms with Gasteiger partial charge in [-0.3, -0.25) is 0 Å². The first-order valence-corrected chi connectivity index (χ1v) is 5.55. The molecule has 0 rings (SSSR count). The predicted octanol–water partition coefficient (Wildman–Crippen LogP) is 2.34. The molecule has 80 valence electrons. The monoisotopic (exact) mass is 188 g/mol. The lowest BCUT2D eigenvalue weighted by atomic mass is 9.91. The Hall–Kier alpha value is -0.0800. The second-order valence-corrected chi connectivity index (χ2v) is 3.74. The van der Waals surface area contributed by atoms with E-state index in [0.717, 1.165) is 38.5 Å². The van der Waals surface area contributed by atoms with E-state index in [1.807, 2.05) is 0 Å². The highest BCUT2D eigenvalue weighted by molar-refractivity contribution is 4.67. The van der Waals surface area contributed by atoms with Crippen LogP contribution in [0.15, 0.2) is 0 Å². The maximum absolute atomic E-state index is 9.79. The fraction of sp³-hybridized carbons (Fsp3) is 1.00. The van der Waals surface area contributed by atoms with E-state index in [1.165, 1.54) is 0 Å². The van der Waals surface area contributed by atoms with Gasteiger partial charge in [0.25, 0.3) is 0 Å². The fourth-order valence-corrected chi connectivity index (χ4v) is 1.74. The normalized spacial score (nSPS) is 15.7. The molecule has 0 aliphatic carbocycles. The first-order chi connectivity index (χ1) is 6.26. The Morgan fingerprint density at radius 2 is 1.77 bits per heavy atom. The van der Waals surface area contributed by atoms with Crippen molar-refractivity contribution < 1.29 is 10.2 Å². The van der Waals surface area contributed by atoms with Crippen LogP contribution in [0.5, 0.6) is 0 Å². The van der Waals surface area contributed by atoms with Gasteiger partial charge in [0.1, 0.15) is 0 Å². The third-order valence-electron chi connectivity index (χ3n) is 2.64.